The minimum absolute atomic E-state index is 0.938. The molecule has 0 radical (unpaired) electrons. The summed E-state index contributed by atoms with van der Waals surface area (Å²) in [5.74, 6) is 0.938. The highest BCUT2D eigenvalue weighted by atomic mass is 16.3. The molecule has 0 spiro atoms. The zero-order valence-electron chi connectivity index (χ0n) is 10.9. The van der Waals surface area contributed by atoms with Crippen molar-refractivity contribution in [3.63, 3.8) is 0 Å². The van der Waals surface area contributed by atoms with Gasteiger partial charge in [-0.2, -0.15) is 0 Å². The first-order valence-corrected chi connectivity index (χ1v) is 6.05. The highest BCUT2D eigenvalue weighted by Gasteiger charge is 1.84. The summed E-state index contributed by atoms with van der Waals surface area (Å²) in [4.78, 5) is 0. The maximum Gasteiger partial charge on any atom is 0.126 e. The van der Waals surface area contributed by atoms with Crippen molar-refractivity contribution in [3.05, 3.63) is 30.2 Å². The molecule has 0 aliphatic heterocycles. The average Bonchev–Trinajstić information content (AvgIpc) is 2.75. The Morgan fingerprint density at radius 2 is 1.80 bits per heavy atom. The fraction of sp³-hybridized carbons (Fsp3) is 0.571. The fourth-order valence-corrected chi connectivity index (χ4v) is 0.752. The van der Waals surface area contributed by atoms with E-state index < -0.39 is 0 Å². The average molecular weight is 210 g/mol. The maximum atomic E-state index is 5.09. The largest absolute Gasteiger partial charge is 0.465 e. The van der Waals surface area contributed by atoms with Gasteiger partial charge in [-0.1, -0.05) is 53.5 Å². The highest BCUT2D eigenvalue weighted by molar-refractivity contribution is 5.41. The van der Waals surface area contributed by atoms with E-state index >= 15 is 0 Å². The molecule has 0 N–H and O–H groups in total. The smallest absolute Gasteiger partial charge is 0.126 e. The van der Waals surface area contributed by atoms with E-state index in [1.807, 2.05) is 32.1 Å². The van der Waals surface area contributed by atoms with Crippen molar-refractivity contribution >= 4 is 6.08 Å². The third-order valence-electron chi connectivity index (χ3n) is 1.28. The zero-order valence-corrected chi connectivity index (χ0v) is 10.9. The second-order valence-electron chi connectivity index (χ2n) is 2.91. The van der Waals surface area contributed by atoms with Crippen LogP contribution in [0.4, 0.5) is 0 Å². The van der Waals surface area contributed by atoms with E-state index in [1.54, 1.807) is 6.26 Å². The van der Waals surface area contributed by atoms with Crippen LogP contribution in [-0.2, 0) is 0 Å². The molecular formula is C14H26O. The highest BCUT2D eigenvalue weighted by Crippen LogP contribution is 2.03. The molecule has 0 aliphatic carbocycles. The van der Waals surface area contributed by atoms with Crippen molar-refractivity contribution in [2.75, 3.05) is 0 Å². The van der Waals surface area contributed by atoms with Crippen molar-refractivity contribution in [2.45, 2.75) is 53.9 Å². The van der Waals surface area contributed by atoms with Crippen LogP contribution in [0, 0.1) is 0 Å². The van der Waals surface area contributed by atoms with Crippen LogP contribution in [0.15, 0.2) is 28.9 Å². The van der Waals surface area contributed by atoms with Crippen molar-refractivity contribution in [1.29, 1.82) is 0 Å². The van der Waals surface area contributed by atoms with Crippen molar-refractivity contribution in [2.24, 2.45) is 0 Å². The Hall–Kier alpha value is -0.980. The summed E-state index contributed by atoms with van der Waals surface area (Å²) in [6.07, 6.45) is 9.38. The predicted molar refractivity (Wildman–Crippen MR) is 70.0 cm³/mol. The van der Waals surface area contributed by atoms with Gasteiger partial charge in [0.15, 0.2) is 0 Å². The van der Waals surface area contributed by atoms with Crippen LogP contribution >= 0.6 is 0 Å². The Labute approximate surface area is 95.2 Å². The van der Waals surface area contributed by atoms with Crippen LogP contribution in [0.1, 0.15) is 59.6 Å². The Bertz CT molecular complexity index is 197. The first-order chi connectivity index (χ1) is 7.35. The number of hydrogen-bond donors (Lipinski definition) is 0. The van der Waals surface area contributed by atoms with Crippen LogP contribution in [0.2, 0.25) is 0 Å². The summed E-state index contributed by atoms with van der Waals surface area (Å²) in [5, 5.41) is 0. The minimum Gasteiger partial charge on any atom is -0.465 e. The number of rotatable bonds is 3. The van der Waals surface area contributed by atoms with Crippen LogP contribution in [0.3, 0.4) is 0 Å². The molecule has 1 rings (SSSR count). The molecule has 1 aromatic heterocycles. The van der Waals surface area contributed by atoms with Crippen LogP contribution < -0.4 is 0 Å². The topological polar surface area (TPSA) is 13.1 Å². The second-order valence-corrected chi connectivity index (χ2v) is 2.91. The van der Waals surface area contributed by atoms with Crippen LogP contribution in [-0.4, -0.2) is 0 Å². The molecule has 0 aromatic carbocycles. The molecular weight excluding hydrogens is 184 g/mol. The monoisotopic (exact) mass is 210 g/mol. The summed E-state index contributed by atoms with van der Waals surface area (Å²) in [5.41, 5.74) is 0. The van der Waals surface area contributed by atoms with E-state index in [2.05, 4.69) is 26.8 Å². The van der Waals surface area contributed by atoms with E-state index in [4.69, 9.17) is 4.42 Å². The number of hydrogen-bond acceptors (Lipinski definition) is 1. The van der Waals surface area contributed by atoms with Gasteiger partial charge in [0.25, 0.3) is 0 Å². The van der Waals surface area contributed by atoms with Gasteiger partial charge < -0.3 is 4.42 Å². The maximum absolute atomic E-state index is 5.09. The molecule has 1 heteroatoms. The molecule has 0 saturated heterocycles. The van der Waals surface area contributed by atoms with Crippen LogP contribution in [0.5, 0.6) is 0 Å². The molecule has 0 amide bonds. The lowest BCUT2D eigenvalue weighted by molar-refractivity contribution is 0.557. The number of furan rings is 1. The van der Waals surface area contributed by atoms with Gasteiger partial charge in [0.05, 0.1) is 6.26 Å². The Morgan fingerprint density at radius 1 is 1.20 bits per heavy atom. The molecule has 1 nitrogen and oxygen atoms in total. The van der Waals surface area contributed by atoms with E-state index in [1.165, 1.54) is 12.8 Å². The minimum atomic E-state index is 0.938. The lowest BCUT2D eigenvalue weighted by Gasteiger charge is -1.82. The third-order valence-corrected chi connectivity index (χ3v) is 1.28. The first-order valence-electron chi connectivity index (χ1n) is 6.05. The van der Waals surface area contributed by atoms with Crippen molar-refractivity contribution in [1.82, 2.24) is 0 Å². The molecule has 0 unspecified atom stereocenters. The van der Waals surface area contributed by atoms with Gasteiger partial charge >= 0.3 is 0 Å². The van der Waals surface area contributed by atoms with E-state index in [9.17, 15) is 0 Å². The molecule has 0 fully saturated rings. The van der Waals surface area contributed by atoms with Gasteiger partial charge in [-0.3, -0.25) is 0 Å². The molecule has 0 bridgehead atoms. The lowest BCUT2D eigenvalue weighted by Crippen LogP contribution is -1.61. The zero-order chi connectivity index (χ0) is 11.9. The number of allylic oxidation sites excluding steroid dienone is 1. The second kappa shape index (κ2) is 15.5. The van der Waals surface area contributed by atoms with E-state index in [-0.39, 0.29) is 0 Å². The normalized spacial score (nSPS) is 8.87. The SMILES string of the molecule is CC.CCC.CCC/C=C/c1ccco1. The van der Waals surface area contributed by atoms with Crippen molar-refractivity contribution < 1.29 is 4.42 Å². The van der Waals surface area contributed by atoms with Gasteiger partial charge in [0.2, 0.25) is 0 Å². The van der Waals surface area contributed by atoms with E-state index in [0.29, 0.717) is 0 Å². The molecule has 15 heavy (non-hydrogen) atoms. The number of unbranched alkanes of at least 4 members (excludes halogenated alkanes) is 1. The van der Waals surface area contributed by atoms with E-state index in [0.717, 1.165) is 12.2 Å². The molecule has 1 aromatic rings. The lowest BCUT2D eigenvalue weighted by atomic mass is 10.3. The molecule has 0 aliphatic rings. The van der Waals surface area contributed by atoms with Gasteiger partial charge in [-0.25, -0.2) is 0 Å². The molecule has 1 heterocycles. The van der Waals surface area contributed by atoms with Crippen molar-refractivity contribution in [3.8, 4) is 0 Å². The standard InChI is InChI=1S/C9H12O.C3H8.C2H6/c1-2-3-4-6-9-7-5-8-10-9;1-3-2;1-2/h4-8H,2-3H2,1H3;3H2,1-2H3;1-2H3/b6-4+;;. The Kier molecular flexibility index (Phi) is 17.0. The fourth-order valence-electron chi connectivity index (χ4n) is 0.752. The summed E-state index contributed by atoms with van der Waals surface area (Å²) in [7, 11) is 0. The first kappa shape index (κ1) is 16.4. The molecule has 0 atom stereocenters. The predicted octanol–water partition coefficient (Wildman–Crippen LogP) is 5.54. The van der Waals surface area contributed by atoms with Gasteiger partial charge in [0, 0.05) is 0 Å². The Morgan fingerprint density at radius 3 is 2.20 bits per heavy atom. The molecule has 0 saturated carbocycles. The quantitative estimate of drug-likeness (QED) is 0.638. The summed E-state index contributed by atoms with van der Waals surface area (Å²) in [6, 6.07) is 3.85. The van der Waals surface area contributed by atoms with Crippen LogP contribution in [0.25, 0.3) is 6.08 Å². The molecule has 88 valence electrons. The summed E-state index contributed by atoms with van der Waals surface area (Å²) in [6.45, 7) is 10.4. The third kappa shape index (κ3) is 13.0. The van der Waals surface area contributed by atoms with Gasteiger partial charge in [-0.15, -0.1) is 0 Å². The summed E-state index contributed by atoms with van der Waals surface area (Å²) < 4.78 is 5.09. The summed E-state index contributed by atoms with van der Waals surface area (Å²) >= 11 is 0. The Balaban J connectivity index is 0. The van der Waals surface area contributed by atoms with Gasteiger partial charge in [0.1, 0.15) is 5.76 Å². The van der Waals surface area contributed by atoms with Gasteiger partial charge in [-0.05, 0) is 24.6 Å².